The molecule has 2 heterocycles. The quantitative estimate of drug-likeness (QED) is 0.511. The molecule has 0 bridgehead atoms. The molecule has 4 aromatic rings. The molecule has 0 unspecified atom stereocenters. The zero-order valence-electron chi connectivity index (χ0n) is 17.1. The molecule has 0 spiro atoms. The van der Waals surface area contributed by atoms with Gasteiger partial charge in [-0.2, -0.15) is 15.5 Å². The number of nitrogens with one attached hydrogen (secondary N) is 1. The summed E-state index contributed by atoms with van der Waals surface area (Å²) in [6.45, 7) is 1.82. The summed E-state index contributed by atoms with van der Waals surface area (Å²) in [6.07, 6.45) is 3.34. The number of fused-ring (bicyclic) bond motifs is 1. The van der Waals surface area contributed by atoms with Crippen LogP contribution in [-0.2, 0) is 7.05 Å². The standard InChI is InChI=1S/C23H18FN5O2/c1-13-20-8-14(4-5-19(20)23(30)28-27-13)21-12-26-29(2)22(21)9-16(11-25)15-6-17(24)10-18(7-15)31-3/h4-10,12H,1-3H3,(H,28,30). The molecule has 4 rings (SSSR count). The van der Waals surface area contributed by atoms with E-state index in [0.717, 1.165) is 16.5 Å². The van der Waals surface area contributed by atoms with Crippen molar-refractivity contribution in [2.24, 2.45) is 7.05 Å². The number of aromatic amines is 1. The van der Waals surface area contributed by atoms with E-state index in [1.807, 2.05) is 19.1 Å². The van der Waals surface area contributed by atoms with Crippen LogP contribution in [0.1, 0.15) is 17.0 Å². The third kappa shape index (κ3) is 3.69. The molecule has 7 nitrogen and oxygen atoms in total. The largest absolute Gasteiger partial charge is 0.497 e. The second kappa shape index (κ2) is 7.88. The summed E-state index contributed by atoms with van der Waals surface area (Å²) in [5, 5.41) is 21.8. The van der Waals surface area contributed by atoms with E-state index >= 15 is 0 Å². The number of methoxy groups -OCH3 is 1. The lowest BCUT2D eigenvalue weighted by Gasteiger charge is -2.07. The Morgan fingerprint density at radius 3 is 2.81 bits per heavy atom. The molecule has 0 fully saturated rings. The lowest BCUT2D eigenvalue weighted by Crippen LogP contribution is -2.09. The first kappa shape index (κ1) is 20.0. The summed E-state index contributed by atoms with van der Waals surface area (Å²) in [5.74, 6) is -0.174. The van der Waals surface area contributed by atoms with Crippen LogP contribution in [-0.4, -0.2) is 27.1 Å². The first-order chi connectivity index (χ1) is 14.9. The zero-order chi connectivity index (χ0) is 22.1. The molecule has 1 N–H and O–H groups in total. The van der Waals surface area contributed by atoms with Crippen molar-refractivity contribution in [2.45, 2.75) is 6.92 Å². The number of H-pyrrole nitrogens is 1. The summed E-state index contributed by atoms with van der Waals surface area (Å²) in [7, 11) is 3.20. The van der Waals surface area contributed by atoms with Gasteiger partial charge >= 0.3 is 0 Å². The second-order valence-electron chi connectivity index (χ2n) is 7.02. The van der Waals surface area contributed by atoms with Crippen molar-refractivity contribution in [1.29, 1.82) is 5.26 Å². The van der Waals surface area contributed by atoms with Crippen molar-refractivity contribution < 1.29 is 9.13 Å². The molecule has 0 amide bonds. The number of hydrogen-bond donors (Lipinski definition) is 1. The van der Waals surface area contributed by atoms with Crippen LogP contribution in [0.3, 0.4) is 0 Å². The predicted molar refractivity (Wildman–Crippen MR) is 116 cm³/mol. The van der Waals surface area contributed by atoms with Crippen molar-refractivity contribution in [3.05, 3.63) is 75.7 Å². The van der Waals surface area contributed by atoms with Crippen molar-refractivity contribution >= 4 is 22.4 Å². The first-order valence-corrected chi connectivity index (χ1v) is 9.39. The van der Waals surface area contributed by atoms with Gasteiger partial charge < -0.3 is 4.74 Å². The summed E-state index contributed by atoms with van der Waals surface area (Å²) < 4.78 is 20.7. The number of halogens is 1. The maximum atomic E-state index is 14.0. The molecule has 0 radical (unpaired) electrons. The normalized spacial score (nSPS) is 11.5. The van der Waals surface area contributed by atoms with Crippen LogP contribution in [0.15, 0.2) is 47.4 Å². The number of nitrogens with zero attached hydrogens (tertiary/aromatic N) is 4. The molecule has 154 valence electrons. The van der Waals surface area contributed by atoms with Gasteiger partial charge in [-0.15, -0.1) is 0 Å². The Hall–Kier alpha value is -4.25. The molecular weight excluding hydrogens is 397 g/mol. The number of rotatable bonds is 4. The number of aromatic nitrogens is 4. The van der Waals surface area contributed by atoms with Gasteiger partial charge in [-0.1, -0.05) is 6.07 Å². The average molecular weight is 415 g/mol. The maximum Gasteiger partial charge on any atom is 0.272 e. The van der Waals surface area contributed by atoms with E-state index in [1.165, 1.54) is 19.2 Å². The van der Waals surface area contributed by atoms with Crippen LogP contribution in [0.5, 0.6) is 5.75 Å². The minimum atomic E-state index is -0.497. The van der Waals surface area contributed by atoms with Crippen LogP contribution in [0.25, 0.3) is 33.5 Å². The molecule has 2 aromatic heterocycles. The first-order valence-electron chi connectivity index (χ1n) is 9.39. The van der Waals surface area contributed by atoms with Gasteiger partial charge in [-0.3, -0.25) is 9.48 Å². The number of ether oxygens (including phenoxy) is 1. The van der Waals surface area contributed by atoms with E-state index < -0.39 is 5.82 Å². The summed E-state index contributed by atoms with van der Waals surface area (Å²) in [5.41, 5.74) is 3.34. The predicted octanol–water partition coefficient (Wildman–Crippen LogP) is 3.84. The molecule has 2 aromatic carbocycles. The second-order valence-corrected chi connectivity index (χ2v) is 7.02. The molecule has 0 saturated heterocycles. The Labute approximate surface area is 177 Å². The topological polar surface area (TPSA) is 96.6 Å². The van der Waals surface area contributed by atoms with E-state index in [2.05, 4.69) is 21.4 Å². The number of benzene rings is 2. The van der Waals surface area contributed by atoms with Crippen LogP contribution in [0.2, 0.25) is 0 Å². The fourth-order valence-corrected chi connectivity index (χ4v) is 3.46. The molecular formula is C23H18FN5O2. The fourth-order valence-electron chi connectivity index (χ4n) is 3.46. The maximum absolute atomic E-state index is 14.0. The van der Waals surface area contributed by atoms with Crippen molar-refractivity contribution in [2.75, 3.05) is 7.11 Å². The van der Waals surface area contributed by atoms with E-state index in [-0.39, 0.29) is 11.1 Å². The molecule has 0 aliphatic carbocycles. The van der Waals surface area contributed by atoms with Crippen LogP contribution in [0, 0.1) is 24.1 Å². The number of allylic oxidation sites excluding steroid dienone is 1. The number of hydrogen-bond acceptors (Lipinski definition) is 5. The summed E-state index contributed by atoms with van der Waals surface area (Å²) in [6, 6.07) is 11.7. The molecule has 8 heteroatoms. The molecule has 0 aliphatic heterocycles. The van der Waals surface area contributed by atoms with Gasteiger partial charge in [0.05, 0.1) is 41.7 Å². The molecule has 31 heavy (non-hydrogen) atoms. The highest BCUT2D eigenvalue weighted by molar-refractivity contribution is 5.94. The van der Waals surface area contributed by atoms with Gasteiger partial charge in [0.2, 0.25) is 0 Å². The SMILES string of the molecule is COc1cc(F)cc(C(C#N)=Cc2c(-c3ccc4c(=O)[nH]nc(C)c4c3)cnn2C)c1. The van der Waals surface area contributed by atoms with Crippen LogP contribution >= 0.6 is 0 Å². The van der Waals surface area contributed by atoms with Gasteiger partial charge in [-0.05, 0) is 48.4 Å². The molecule has 0 aliphatic rings. The lowest BCUT2D eigenvalue weighted by atomic mass is 9.99. The van der Waals surface area contributed by atoms with Crippen molar-refractivity contribution in [1.82, 2.24) is 20.0 Å². The lowest BCUT2D eigenvalue weighted by molar-refractivity contribution is 0.411. The van der Waals surface area contributed by atoms with Gasteiger partial charge in [0.1, 0.15) is 11.6 Å². The molecule has 0 saturated carbocycles. The Kier molecular flexibility index (Phi) is 5.09. The summed E-state index contributed by atoms with van der Waals surface area (Å²) in [4.78, 5) is 12.0. The Morgan fingerprint density at radius 2 is 2.06 bits per heavy atom. The number of aryl methyl sites for hydroxylation is 2. The Morgan fingerprint density at radius 1 is 1.26 bits per heavy atom. The minimum absolute atomic E-state index is 0.259. The smallest absolute Gasteiger partial charge is 0.272 e. The number of nitriles is 1. The van der Waals surface area contributed by atoms with Gasteiger partial charge in [0.25, 0.3) is 5.56 Å². The van der Waals surface area contributed by atoms with E-state index in [9.17, 15) is 14.4 Å². The minimum Gasteiger partial charge on any atom is -0.497 e. The van der Waals surface area contributed by atoms with Crippen LogP contribution in [0.4, 0.5) is 4.39 Å². The van der Waals surface area contributed by atoms with Gasteiger partial charge in [0.15, 0.2) is 0 Å². The Balaban J connectivity index is 1.88. The third-order valence-electron chi connectivity index (χ3n) is 5.09. The Bertz CT molecular complexity index is 1440. The highest BCUT2D eigenvalue weighted by Gasteiger charge is 2.14. The summed E-state index contributed by atoms with van der Waals surface area (Å²) >= 11 is 0. The van der Waals surface area contributed by atoms with Gasteiger partial charge in [0, 0.05) is 24.1 Å². The average Bonchev–Trinajstić information content (AvgIpc) is 3.13. The fraction of sp³-hybridized carbons (Fsp3) is 0.130. The molecule has 0 atom stereocenters. The van der Waals surface area contributed by atoms with E-state index in [0.29, 0.717) is 28.1 Å². The highest BCUT2D eigenvalue weighted by Crippen LogP contribution is 2.30. The highest BCUT2D eigenvalue weighted by atomic mass is 19.1. The van der Waals surface area contributed by atoms with Crippen LogP contribution < -0.4 is 10.3 Å². The van der Waals surface area contributed by atoms with Crippen molar-refractivity contribution in [3.8, 4) is 22.9 Å². The van der Waals surface area contributed by atoms with Gasteiger partial charge in [-0.25, -0.2) is 9.49 Å². The van der Waals surface area contributed by atoms with Crippen molar-refractivity contribution in [3.63, 3.8) is 0 Å². The van der Waals surface area contributed by atoms with E-state index in [1.54, 1.807) is 36.1 Å². The monoisotopic (exact) mass is 415 g/mol. The third-order valence-corrected chi connectivity index (χ3v) is 5.09. The van der Waals surface area contributed by atoms with E-state index in [4.69, 9.17) is 4.74 Å². The zero-order valence-corrected chi connectivity index (χ0v) is 17.1.